The van der Waals surface area contributed by atoms with Crippen LogP contribution in [-0.4, -0.2) is 16.6 Å². The van der Waals surface area contributed by atoms with E-state index in [-0.39, 0.29) is 5.82 Å². The van der Waals surface area contributed by atoms with Gasteiger partial charge in [-0.2, -0.15) is 0 Å². The number of fused-ring (bicyclic) bond motifs is 2. The van der Waals surface area contributed by atoms with Gasteiger partial charge in [0.2, 0.25) is 0 Å². The second-order valence-electron chi connectivity index (χ2n) is 5.33. The Balaban J connectivity index is 1.69. The fraction of sp³-hybridized carbons (Fsp3) is 0.176. The van der Waals surface area contributed by atoms with Gasteiger partial charge < -0.3 is 10.1 Å². The van der Waals surface area contributed by atoms with Crippen LogP contribution in [0.3, 0.4) is 0 Å². The molecule has 0 spiro atoms. The number of rotatable bonds is 3. The summed E-state index contributed by atoms with van der Waals surface area (Å²) in [7, 11) is 0. The number of hydrogen-bond donors (Lipinski definition) is 1. The molecule has 0 radical (unpaired) electrons. The summed E-state index contributed by atoms with van der Waals surface area (Å²) in [6.45, 7) is 0.964. The molecule has 1 aliphatic rings. The predicted octanol–water partition coefficient (Wildman–Crippen LogP) is 4.08. The van der Waals surface area contributed by atoms with E-state index < -0.39 is 0 Å². The summed E-state index contributed by atoms with van der Waals surface area (Å²) in [6.07, 6.45) is 5.96. The Bertz CT molecular complexity index is 900. The van der Waals surface area contributed by atoms with Crippen LogP contribution in [0.1, 0.15) is 11.1 Å². The molecule has 1 aromatic carbocycles. The zero-order valence-corrected chi connectivity index (χ0v) is 13.7. The van der Waals surface area contributed by atoms with Crippen molar-refractivity contribution in [1.82, 2.24) is 9.97 Å². The van der Waals surface area contributed by atoms with Gasteiger partial charge in [-0.15, -0.1) is 0 Å². The predicted molar refractivity (Wildman–Crippen MR) is 90.2 cm³/mol. The van der Waals surface area contributed by atoms with Crippen LogP contribution in [-0.2, 0) is 13.0 Å². The first-order chi connectivity index (χ1) is 11.2. The van der Waals surface area contributed by atoms with Crippen LogP contribution in [0, 0.1) is 5.82 Å². The first-order valence-electron chi connectivity index (χ1n) is 7.29. The molecular formula is C17H13BrFN3O. The largest absolute Gasteiger partial charge is 0.493 e. The van der Waals surface area contributed by atoms with E-state index in [2.05, 4.69) is 31.2 Å². The first kappa shape index (κ1) is 14.4. The van der Waals surface area contributed by atoms with Gasteiger partial charge in [-0.05, 0) is 34.1 Å². The van der Waals surface area contributed by atoms with Crippen molar-refractivity contribution in [2.24, 2.45) is 0 Å². The molecule has 0 fully saturated rings. The number of hydrogen-bond acceptors (Lipinski definition) is 4. The molecule has 0 saturated heterocycles. The van der Waals surface area contributed by atoms with E-state index in [4.69, 9.17) is 4.74 Å². The normalized spacial score (nSPS) is 13.0. The lowest BCUT2D eigenvalue weighted by atomic mass is 10.0. The Kier molecular flexibility index (Phi) is 3.61. The highest BCUT2D eigenvalue weighted by Crippen LogP contribution is 2.32. The monoisotopic (exact) mass is 373 g/mol. The van der Waals surface area contributed by atoms with Gasteiger partial charge in [-0.25, -0.2) is 9.37 Å². The Labute approximate surface area is 140 Å². The fourth-order valence-electron chi connectivity index (χ4n) is 2.87. The van der Waals surface area contributed by atoms with Gasteiger partial charge in [0.15, 0.2) is 0 Å². The second-order valence-corrected chi connectivity index (χ2v) is 6.18. The highest BCUT2D eigenvalue weighted by atomic mass is 79.9. The summed E-state index contributed by atoms with van der Waals surface area (Å²) in [4.78, 5) is 8.54. The van der Waals surface area contributed by atoms with Crippen LogP contribution >= 0.6 is 15.9 Å². The molecule has 0 aliphatic carbocycles. The van der Waals surface area contributed by atoms with Gasteiger partial charge in [-0.3, -0.25) is 4.98 Å². The molecule has 0 bridgehead atoms. The summed E-state index contributed by atoms with van der Waals surface area (Å²) in [5, 5.41) is 5.14. The van der Waals surface area contributed by atoms with E-state index in [1.807, 2.05) is 6.07 Å². The molecule has 116 valence electrons. The number of benzene rings is 1. The maximum atomic E-state index is 14.2. The van der Waals surface area contributed by atoms with Crippen molar-refractivity contribution in [3.63, 3.8) is 0 Å². The van der Waals surface area contributed by atoms with Crippen LogP contribution in [0.25, 0.3) is 10.8 Å². The van der Waals surface area contributed by atoms with E-state index in [0.717, 1.165) is 33.0 Å². The Morgan fingerprint density at radius 3 is 3.04 bits per heavy atom. The molecule has 4 rings (SSSR count). The van der Waals surface area contributed by atoms with Crippen LogP contribution in [0.2, 0.25) is 0 Å². The van der Waals surface area contributed by atoms with Crippen molar-refractivity contribution < 1.29 is 9.13 Å². The summed E-state index contributed by atoms with van der Waals surface area (Å²) in [5.74, 6) is 1.24. The quantitative estimate of drug-likeness (QED) is 0.751. The number of aromatic nitrogens is 2. The second kappa shape index (κ2) is 5.77. The summed E-state index contributed by atoms with van der Waals surface area (Å²) < 4.78 is 20.6. The van der Waals surface area contributed by atoms with Crippen molar-refractivity contribution in [2.45, 2.75) is 13.0 Å². The lowest BCUT2D eigenvalue weighted by Gasteiger charge is -2.12. The van der Waals surface area contributed by atoms with Crippen molar-refractivity contribution in [1.29, 1.82) is 0 Å². The minimum Gasteiger partial charge on any atom is -0.493 e. The highest BCUT2D eigenvalue weighted by Gasteiger charge is 2.19. The van der Waals surface area contributed by atoms with Crippen molar-refractivity contribution >= 4 is 32.5 Å². The third-order valence-electron chi connectivity index (χ3n) is 4.01. The highest BCUT2D eigenvalue weighted by molar-refractivity contribution is 9.10. The summed E-state index contributed by atoms with van der Waals surface area (Å²) in [5.41, 5.74) is 1.58. The molecule has 0 atom stereocenters. The lowest BCUT2D eigenvalue weighted by molar-refractivity contribution is 0.356. The fourth-order valence-corrected chi connectivity index (χ4v) is 3.32. The number of halogens is 2. The Morgan fingerprint density at radius 2 is 2.13 bits per heavy atom. The molecule has 0 amide bonds. The zero-order chi connectivity index (χ0) is 15.8. The molecule has 3 aromatic rings. The number of nitrogens with one attached hydrogen (secondary N) is 1. The Morgan fingerprint density at radius 1 is 1.22 bits per heavy atom. The van der Waals surface area contributed by atoms with Gasteiger partial charge in [0.05, 0.1) is 6.61 Å². The first-order valence-corrected chi connectivity index (χ1v) is 8.08. The summed E-state index contributed by atoms with van der Waals surface area (Å²) in [6, 6.07) is 5.06. The van der Waals surface area contributed by atoms with E-state index in [0.29, 0.717) is 24.5 Å². The zero-order valence-electron chi connectivity index (χ0n) is 12.1. The van der Waals surface area contributed by atoms with Crippen LogP contribution in [0.15, 0.2) is 41.3 Å². The minimum atomic E-state index is -0.221. The number of pyridine rings is 2. The maximum absolute atomic E-state index is 14.2. The van der Waals surface area contributed by atoms with Crippen molar-refractivity contribution in [3.05, 3.63) is 58.2 Å². The van der Waals surface area contributed by atoms with E-state index in [1.54, 1.807) is 24.7 Å². The molecule has 0 unspecified atom stereocenters. The smallest absolute Gasteiger partial charge is 0.135 e. The Hall–Kier alpha value is -2.21. The molecule has 0 saturated carbocycles. The van der Waals surface area contributed by atoms with E-state index in [1.165, 1.54) is 6.07 Å². The number of nitrogens with zero attached hydrogens (tertiary/aromatic N) is 2. The topological polar surface area (TPSA) is 47.0 Å². The maximum Gasteiger partial charge on any atom is 0.135 e. The molecule has 23 heavy (non-hydrogen) atoms. The standard InChI is InChI=1S/C17H13BrFN3O/c18-14-9-22-17(13-7-20-5-3-10(13)14)21-8-12-11-4-6-23-16(11)2-1-15(12)19/h1-3,5,7,9H,4,6,8H2,(H,21,22). The molecule has 3 heterocycles. The van der Waals surface area contributed by atoms with Crippen LogP contribution < -0.4 is 10.1 Å². The van der Waals surface area contributed by atoms with Crippen LogP contribution in [0.4, 0.5) is 10.2 Å². The SMILES string of the molecule is Fc1ccc2c(c1CNc1ncc(Br)c3ccncc13)CCO2. The van der Waals surface area contributed by atoms with Gasteiger partial charge in [0.1, 0.15) is 17.4 Å². The minimum absolute atomic E-state index is 0.221. The molecule has 4 nitrogen and oxygen atoms in total. The molecule has 1 aliphatic heterocycles. The molecule has 2 aromatic heterocycles. The van der Waals surface area contributed by atoms with E-state index in [9.17, 15) is 4.39 Å². The van der Waals surface area contributed by atoms with Crippen molar-refractivity contribution in [3.8, 4) is 5.75 Å². The molecular weight excluding hydrogens is 361 g/mol. The van der Waals surface area contributed by atoms with Gasteiger partial charge >= 0.3 is 0 Å². The average molecular weight is 374 g/mol. The average Bonchev–Trinajstić information content (AvgIpc) is 3.05. The third kappa shape index (κ3) is 2.53. The lowest BCUT2D eigenvalue weighted by Crippen LogP contribution is -2.06. The molecule has 1 N–H and O–H groups in total. The number of ether oxygens (including phenoxy) is 1. The van der Waals surface area contributed by atoms with Gasteiger partial charge in [0, 0.05) is 57.9 Å². The van der Waals surface area contributed by atoms with Gasteiger partial charge in [0.25, 0.3) is 0 Å². The van der Waals surface area contributed by atoms with Crippen molar-refractivity contribution in [2.75, 3.05) is 11.9 Å². The molecule has 6 heteroatoms. The van der Waals surface area contributed by atoms with Crippen LogP contribution in [0.5, 0.6) is 5.75 Å². The summed E-state index contributed by atoms with van der Waals surface area (Å²) >= 11 is 3.48. The number of anilines is 1. The van der Waals surface area contributed by atoms with Gasteiger partial charge in [-0.1, -0.05) is 0 Å². The van der Waals surface area contributed by atoms with E-state index >= 15 is 0 Å². The third-order valence-corrected chi connectivity index (χ3v) is 4.65.